The lowest BCUT2D eigenvalue weighted by Crippen LogP contribution is -2.48. The molecule has 0 spiro atoms. The van der Waals surface area contributed by atoms with Crippen LogP contribution in [0.2, 0.25) is 0 Å². The molecule has 1 N–H and O–H groups in total. The minimum absolute atomic E-state index is 0.0635. The molecule has 0 unspecified atom stereocenters. The first-order valence-corrected chi connectivity index (χ1v) is 8.44. The van der Waals surface area contributed by atoms with E-state index in [1.165, 1.54) is 17.0 Å². The number of hydrogen-bond donors (Lipinski definition) is 1. The van der Waals surface area contributed by atoms with E-state index in [4.69, 9.17) is 4.74 Å². The van der Waals surface area contributed by atoms with Crippen LogP contribution in [0.5, 0.6) is 0 Å². The van der Waals surface area contributed by atoms with Gasteiger partial charge in [0.25, 0.3) is 0 Å². The third-order valence-corrected chi connectivity index (χ3v) is 4.26. The van der Waals surface area contributed by atoms with Crippen LogP contribution in [0.3, 0.4) is 0 Å². The second kappa shape index (κ2) is 8.78. The van der Waals surface area contributed by atoms with Crippen LogP contribution in [0.4, 0.5) is 4.39 Å². The molecule has 1 aromatic carbocycles. The van der Waals surface area contributed by atoms with Crippen molar-refractivity contribution in [2.24, 2.45) is 0 Å². The molecule has 1 saturated heterocycles. The summed E-state index contributed by atoms with van der Waals surface area (Å²) < 4.78 is 18.5. The highest BCUT2D eigenvalue weighted by molar-refractivity contribution is 5.87. The van der Waals surface area contributed by atoms with Crippen molar-refractivity contribution < 1.29 is 18.7 Å². The zero-order chi connectivity index (χ0) is 17.5. The average Bonchev–Trinajstić information content (AvgIpc) is 3.11. The molecule has 2 rings (SSSR count). The molecule has 2 atom stereocenters. The van der Waals surface area contributed by atoms with Gasteiger partial charge in [-0.3, -0.25) is 9.59 Å². The SMILES string of the molecule is CCC(=O)N(Cc1ccc(F)cc1)[C@@H](C)C(=O)NC[C@@H]1CCCO1. The van der Waals surface area contributed by atoms with E-state index in [9.17, 15) is 14.0 Å². The average molecular weight is 336 g/mol. The zero-order valence-electron chi connectivity index (χ0n) is 14.3. The smallest absolute Gasteiger partial charge is 0.242 e. The van der Waals surface area contributed by atoms with Gasteiger partial charge in [-0.2, -0.15) is 0 Å². The van der Waals surface area contributed by atoms with E-state index in [1.807, 2.05) is 0 Å². The molecule has 0 saturated carbocycles. The summed E-state index contributed by atoms with van der Waals surface area (Å²) in [5.41, 5.74) is 0.789. The third kappa shape index (κ3) is 5.03. The minimum Gasteiger partial charge on any atom is -0.376 e. The number of carbonyl (C=O) groups is 2. The van der Waals surface area contributed by atoms with Crippen LogP contribution in [0, 0.1) is 5.82 Å². The highest BCUT2D eigenvalue weighted by Crippen LogP contribution is 2.13. The van der Waals surface area contributed by atoms with Crippen molar-refractivity contribution in [1.82, 2.24) is 10.2 Å². The maximum atomic E-state index is 13.0. The molecule has 0 aliphatic carbocycles. The molecule has 1 heterocycles. The van der Waals surface area contributed by atoms with E-state index < -0.39 is 6.04 Å². The standard InChI is InChI=1S/C18H25FN2O3/c1-3-17(22)21(12-14-6-8-15(19)9-7-14)13(2)18(23)20-11-16-5-4-10-24-16/h6-9,13,16H,3-5,10-12H2,1-2H3,(H,20,23)/t13-,16-/m0/s1. The minimum atomic E-state index is -0.594. The Morgan fingerprint density at radius 1 is 1.38 bits per heavy atom. The monoisotopic (exact) mass is 336 g/mol. The number of benzene rings is 1. The molecule has 1 aliphatic rings. The summed E-state index contributed by atoms with van der Waals surface area (Å²) in [5.74, 6) is -0.636. The van der Waals surface area contributed by atoms with Gasteiger partial charge in [-0.25, -0.2) is 4.39 Å². The topological polar surface area (TPSA) is 58.6 Å². The Morgan fingerprint density at radius 3 is 2.67 bits per heavy atom. The van der Waals surface area contributed by atoms with Crippen LogP contribution >= 0.6 is 0 Å². The first-order valence-electron chi connectivity index (χ1n) is 8.44. The maximum Gasteiger partial charge on any atom is 0.242 e. The lowest BCUT2D eigenvalue weighted by Gasteiger charge is -2.28. The van der Waals surface area contributed by atoms with Crippen LogP contribution in [0.1, 0.15) is 38.7 Å². The van der Waals surface area contributed by atoms with Crippen molar-refractivity contribution in [1.29, 1.82) is 0 Å². The van der Waals surface area contributed by atoms with Crippen LogP contribution in [-0.2, 0) is 20.9 Å². The second-order valence-corrected chi connectivity index (χ2v) is 6.06. The van der Waals surface area contributed by atoms with Crippen LogP contribution in [-0.4, -0.2) is 42.0 Å². The van der Waals surface area contributed by atoms with Crippen molar-refractivity contribution >= 4 is 11.8 Å². The van der Waals surface area contributed by atoms with Gasteiger partial charge in [-0.05, 0) is 37.5 Å². The number of ether oxygens (including phenoxy) is 1. The Hall–Kier alpha value is -1.95. The summed E-state index contributed by atoms with van der Waals surface area (Å²) in [6.07, 6.45) is 2.33. The fraction of sp³-hybridized carbons (Fsp3) is 0.556. The normalized spacial score (nSPS) is 18.2. The Kier molecular flexibility index (Phi) is 6.73. The van der Waals surface area contributed by atoms with Gasteiger partial charge in [0.05, 0.1) is 6.10 Å². The lowest BCUT2D eigenvalue weighted by molar-refractivity contribution is -0.140. The Morgan fingerprint density at radius 2 is 2.08 bits per heavy atom. The van der Waals surface area contributed by atoms with Gasteiger partial charge in [0, 0.05) is 26.1 Å². The highest BCUT2D eigenvalue weighted by Gasteiger charge is 2.26. The molecule has 0 aromatic heterocycles. The number of rotatable bonds is 7. The van der Waals surface area contributed by atoms with Crippen LogP contribution in [0.25, 0.3) is 0 Å². The second-order valence-electron chi connectivity index (χ2n) is 6.06. The molecule has 1 aliphatic heterocycles. The third-order valence-electron chi connectivity index (χ3n) is 4.26. The molecule has 5 nitrogen and oxygen atoms in total. The van der Waals surface area contributed by atoms with E-state index in [0.29, 0.717) is 13.0 Å². The fourth-order valence-corrected chi connectivity index (χ4v) is 2.74. The summed E-state index contributed by atoms with van der Waals surface area (Å²) in [6, 6.07) is 5.37. The van der Waals surface area contributed by atoms with E-state index in [0.717, 1.165) is 25.0 Å². The van der Waals surface area contributed by atoms with E-state index >= 15 is 0 Å². The van der Waals surface area contributed by atoms with Gasteiger partial charge >= 0.3 is 0 Å². The molecule has 1 aromatic rings. The van der Waals surface area contributed by atoms with Crippen LogP contribution in [0.15, 0.2) is 24.3 Å². The fourth-order valence-electron chi connectivity index (χ4n) is 2.74. The quantitative estimate of drug-likeness (QED) is 0.831. The lowest BCUT2D eigenvalue weighted by atomic mass is 10.1. The highest BCUT2D eigenvalue weighted by atomic mass is 19.1. The molecule has 6 heteroatoms. The van der Waals surface area contributed by atoms with Crippen molar-refractivity contribution in [3.63, 3.8) is 0 Å². The molecule has 0 radical (unpaired) electrons. The van der Waals surface area contributed by atoms with Gasteiger partial charge in [0.15, 0.2) is 0 Å². The molecular weight excluding hydrogens is 311 g/mol. The first-order chi connectivity index (χ1) is 11.5. The number of nitrogens with zero attached hydrogens (tertiary/aromatic N) is 1. The molecular formula is C18H25FN2O3. The van der Waals surface area contributed by atoms with Gasteiger partial charge in [-0.1, -0.05) is 19.1 Å². The predicted molar refractivity (Wildman–Crippen MR) is 88.7 cm³/mol. The number of nitrogens with one attached hydrogen (secondary N) is 1. The summed E-state index contributed by atoms with van der Waals surface area (Å²) in [6.45, 7) is 4.95. The van der Waals surface area contributed by atoms with Crippen molar-refractivity contribution in [2.45, 2.75) is 51.8 Å². The van der Waals surface area contributed by atoms with Crippen molar-refractivity contribution in [2.75, 3.05) is 13.2 Å². The molecule has 132 valence electrons. The molecule has 0 bridgehead atoms. The van der Waals surface area contributed by atoms with Crippen LogP contribution < -0.4 is 5.32 Å². The molecule has 24 heavy (non-hydrogen) atoms. The number of halogens is 1. The Bertz CT molecular complexity index is 556. The van der Waals surface area contributed by atoms with Gasteiger partial charge in [0.1, 0.15) is 11.9 Å². The number of carbonyl (C=O) groups excluding carboxylic acids is 2. The summed E-state index contributed by atoms with van der Waals surface area (Å²) in [7, 11) is 0. The van der Waals surface area contributed by atoms with E-state index in [1.54, 1.807) is 26.0 Å². The van der Waals surface area contributed by atoms with Crippen molar-refractivity contribution in [3.05, 3.63) is 35.6 Å². The predicted octanol–water partition coefficient (Wildman–Crippen LogP) is 2.25. The Balaban J connectivity index is 1.98. The van der Waals surface area contributed by atoms with Gasteiger partial charge in [0.2, 0.25) is 11.8 Å². The maximum absolute atomic E-state index is 13.0. The summed E-state index contributed by atoms with van der Waals surface area (Å²) >= 11 is 0. The number of amides is 2. The largest absolute Gasteiger partial charge is 0.376 e. The van der Waals surface area contributed by atoms with Gasteiger partial charge in [-0.15, -0.1) is 0 Å². The first kappa shape index (κ1) is 18.4. The van der Waals surface area contributed by atoms with E-state index in [2.05, 4.69) is 5.32 Å². The molecule has 2 amide bonds. The zero-order valence-corrected chi connectivity index (χ0v) is 14.3. The van der Waals surface area contributed by atoms with Gasteiger partial charge < -0.3 is 15.0 Å². The number of hydrogen-bond acceptors (Lipinski definition) is 3. The van der Waals surface area contributed by atoms with Crippen molar-refractivity contribution in [3.8, 4) is 0 Å². The Labute approximate surface area is 142 Å². The molecule has 1 fully saturated rings. The summed E-state index contributed by atoms with van der Waals surface area (Å²) in [4.78, 5) is 26.1. The summed E-state index contributed by atoms with van der Waals surface area (Å²) in [5, 5.41) is 2.86. The van der Waals surface area contributed by atoms with E-state index in [-0.39, 0.29) is 30.3 Å².